The zero-order valence-electron chi connectivity index (χ0n) is 16.6. The summed E-state index contributed by atoms with van der Waals surface area (Å²) in [4.78, 5) is 29.2. The second-order valence-corrected chi connectivity index (χ2v) is 7.62. The predicted molar refractivity (Wildman–Crippen MR) is 111 cm³/mol. The van der Waals surface area contributed by atoms with Crippen LogP contribution in [0.15, 0.2) is 36.4 Å². The van der Waals surface area contributed by atoms with Gasteiger partial charge in [0.05, 0.1) is 5.69 Å². The van der Waals surface area contributed by atoms with Gasteiger partial charge in [-0.3, -0.25) is 4.79 Å². The highest BCUT2D eigenvalue weighted by Gasteiger charge is 2.59. The van der Waals surface area contributed by atoms with E-state index in [-0.39, 0.29) is 36.2 Å². The molecule has 2 atom stereocenters. The number of halogens is 1. The first-order valence-electron chi connectivity index (χ1n) is 9.31. The third-order valence-electron chi connectivity index (χ3n) is 4.95. The van der Waals surface area contributed by atoms with Gasteiger partial charge in [-0.15, -0.1) is 0 Å². The number of pyridine rings is 1. The van der Waals surface area contributed by atoms with Crippen LogP contribution in [0.5, 0.6) is 0 Å². The smallest absolute Gasteiger partial charge is 0.332 e. The Balaban J connectivity index is 1.79. The minimum absolute atomic E-state index is 0.0504. The largest absolute Gasteiger partial charge is 0.459 e. The van der Waals surface area contributed by atoms with Crippen molar-refractivity contribution in [3.63, 3.8) is 0 Å². The van der Waals surface area contributed by atoms with E-state index in [0.29, 0.717) is 17.9 Å². The van der Waals surface area contributed by atoms with Crippen molar-refractivity contribution in [1.82, 2.24) is 4.98 Å². The molecule has 1 aromatic carbocycles. The number of hydrogen-bond acceptors (Lipinski definition) is 6. The number of amides is 1. The zero-order chi connectivity index (χ0) is 21.0. The summed E-state index contributed by atoms with van der Waals surface area (Å²) in [5, 5.41) is 6.22. The molecule has 1 fully saturated rings. The van der Waals surface area contributed by atoms with E-state index in [9.17, 15) is 9.59 Å². The normalized spacial score (nSPS) is 20.1. The van der Waals surface area contributed by atoms with E-state index in [4.69, 9.17) is 21.1 Å². The van der Waals surface area contributed by atoms with Gasteiger partial charge >= 0.3 is 5.97 Å². The van der Waals surface area contributed by atoms with Crippen molar-refractivity contribution in [3.8, 4) is 0 Å². The fourth-order valence-corrected chi connectivity index (χ4v) is 3.43. The number of aromatic nitrogens is 1. The number of ether oxygens (including phenoxy) is 2. The van der Waals surface area contributed by atoms with E-state index in [1.165, 1.54) is 7.11 Å². The monoisotopic (exact) mass is 417 g/mol. The molecule has 8 heteroatoms. The average molecular weight is 418 g/mol. The second kappa shape index (κ2) is 8.80. The van der Waals surface area contributed by atoms with Gasteiger partial charge in [-0.25, -0.2) is 9.78 Å². The van der Waals surface area contributed by atoms with Crippen LogP contribution in [0.4, 0.5) is 11.5 Å². The van der Waals surface area contributed by atoms with Crippen LogP contribution in [0.25, 0.3) is 0 Å². The minimum atomic E-state index is -0.903. The lowest BCUT2D eigenvalue weighted by molar-refractivity contribution is -0.147. The van der Waals surface area contributed by atoms with E-state index in [2.05, 4.69) is 15.6 Å². The molecule has 1 saturated carbocycles. The SMILES string of the molecule is COCC(=O)Nc1c(C)cc(Cl)nc1N[C@@]1(C(=O)OCc2ccccc2)C[C@@H]1C. The number of aryl methyl sites for hydroxylation is 1. The fraction of sp³-hybridized carbons (Fsp3) is 0.381. The van der Waals surface area contributed by atoms with E-state index >= 15 is 0 Å². The van der Waals surface area contributed by atoms with Crippen molar-refractivity contribution in [3.05, 3.63) is 52.7 Å². The third kappa shape index (κ3) is 4.86. The molecule has 1 aliphatic carbocycles. The van der Waals surface area contributed by atoms with Crippen LogP contribution in [0.1, 0.15) is 24.5 Å². The van der Waals surface area contributed by atoms with Crippen molar-refractivity contribution in [2.24, 2.45) is 5.92 Å². The first kappa shape index (κ1) is 21.1. The Morgan fingerprint density at radius 1 is 1.31 bits per heavy atom. The molecule has 154 valence electrons. The lowest BCUT2D eigenvalue weighted by atomic mass is 10.1. The molecule has 7 nitrogen and oxygen atoms in total. The van der Waals surface area contributed by atoms with Crippen LogP contribution in [0.2, 0.25) is 5.15 Å². The standard InChI is InChI=1S/C21H24ClN3O4/c1-13-9-16(22)23-19(18(13)24-17(26)12-28-3)25-21(10-14(21)2)20(27)29-11-15-7-5-4-6-8-15/h4-9,14H,10-12H2,1-3H3,(H,23,25)(H,24,26)/t14-,21-/m0/s1. The van der Waals surface area contributed by atoms with Gasteiger partial charge in [-0.05, 0) is 36.5 Å². The molecule has 1 aliphatic rings. The van der Waals surface area contributed by atoms with Gasteiger partial charge in [-0.1, -0.05) is 48.9 Å². The lowest BCUT2D eigenvalue weighted by Crippen LogP contribution is -2.36. The Labute approximate surface area is 174 Å². The number of carbonyl (C=O) groups is 2. The van der Waals surface area contributed by atoms with Crippen molar-refractivity contribution in [2.45, 2.75) is 32.4 Å². The predicted octanol–water partition coefficient (Wildman–Crippen LogP) is 3.56. The van der Waals surface area contributed by atoms with Crippen LogP contribution in [-0.4, -0.2) is 36.1 Å². The molecule has 0 unspecified atom stereocenters. The number of nitrogens with zero attached hydrogens (tertiary/aromatic N) is 1. The topological polar surface area (TPSA) is 89.5 Å². The molecule has 29 heavy (non-hydrogen) atoms. The van der Waals surface area contributed by atoms with Gasteiger partial charge in [0.15, 0.2) is 5.82 Å². The quantitative estimate of drug-likeness (QED) is 0.504. The maximum atomic E-state index is 12.9. The summed E-state index contributed by atoms with van der Waals surface area (Å²) in [5.74, 6) is -0.301. The van der Waals surface area contributed by atoms with Crippen molar-refractivity contribution >= 4 is 35.0 Å². The maximum absolute atomic E-state index is 12.9. The molecular formula is C21H24ClN3O4. The Morgan fingerprint density at radius 2 is 2.00 bits per heavy atom. The highest BCUT2D eigenvalue weighted by Crippen LogP contribution is 2.48. The lowest BCUT2D eigenvalue weighted by Gasteiger charge is -2.21. The van der Waals surface area contributed by atoms with Gasteiger partial charge in [0.1, 0.15) is 23.9 Å². The van der Waals surface area contributed by atoms with Crippen molar-refractivity contribution < 1.29 is 19.1 Å². The van der Waals surface area contributed by atoms with Gasteiger partial charge < -0.3 is 20.1 Å². The van der Waals surface area contributed by atoms with Crippen LogP contribution < -0.4 is 10.6 Å². The number of esters is 1. The first-order chi connectivity index (χ1) is 13.9. The molecule has 0 bridgehead atoms. The molecule has 1 amide bonds. The molecule has 1 aromatic heterocycles. The molecular weight excluding hydrogens is 394 g/mol. The summed E-state index contributed by atoms with van der Waals surface area (Å²) in [6.07, 6.45) is 0.597. The van der Waals surface area contributed by atoms with Gasteiger partial charge in [0.25, 0.3) is 0 Å². The number of benzene rings is 1. The van der Waals surface area contributed by atoms with Gasteiger partial charge in [0, 0.05) is 7.11 Å². The van der Waals surface area contributed by atoms with E-state index in [1.807, 2.05) is 37.3 Å². The number of methoxy groups -OCH3 is 1. The zero-order valence-corrected chi connectivity index (χ0v) is 17.4. The highest BCUT2D eigenvalue weighted by molar-refractivity contribution is 6.29. The summed E-state index contributed by atoms with van der Waals surface area (Å²) in [6, 6.07) is 11.1. The Morgan fingerprint density at radius 3 is 2.62 bits per heavy atom. The Hall–Kier alpha value is -2.64. The Bertz CT molecular complexity index is 906. The Kier molecular flexibility index (Phi) is 6.39. The molecule has 3 rings (SSSR count). The van der Waals surface area contributed by atoms with Crippen molar-refractivity contribution in [1.29, 1.82) is 0 Å². The molecule has 0 aliphatic heterocycles. The second-order valence-electron chi connectivity index (χ2n) is 7.23. The first-order valence-corrected chi connectivity index (χ1v) is 9.69. The summed E-state index contributed by atoms with van der Waals surface area (Å²) in [5.41, 5.74) is 1.19. The maximum Gasteiger partial charge on any atom is 0.332 e. The van der Waals surface area contributed by atoms with E-state index < -0.39 is 5.54 Å². The van der Waals surface area contributed by atoms with E-state index in [1.54, 1.807) is 13.0 Å². The minimum Gasteiger partial charge on any atom is -0.459 e. The summed E-state index contributed by atoms with van der Waals surface area (Å²) < 4.78 is 10.4. The molecule has 2 N–H and O–H groups in total. The molecule has 2 aromatic rings. The van der Waals surface area contributed by atoms with Gasteiger partial charge in [-0.2, -0.15) is 0 Å². The fourth-order valence-electron chi connectivity index (χ4n) is 3.18. The third-order valence-corrected chi connectivity index (χ3v) is 5.15. The number of rotatable bonds is 8. The van der Waals surface area contributed by atoms with Gasteiger partial charge in [0.2, 0.25) is 5.91 Å². The van der Waals surface area contributed by atoms with Crippen molar-refractivity contribution in [2.75, 3.05) is 24.4 Å². The molecule has 0 radical (unpaired) electrons. The number of anilines is 2. The average Bonchev–Trinajstić information content (AvgIpc) is 3.34. The summed E-state index contributed by atoms with van der Waals surface area (Å²) in [7, 11) is 1.44. The highest BCUT2D eigenvalue weighted by atomic mass is 35.5. The molecule has 0 spiro atoms. The number of carbonyl (C=O) groups excluding carboxylic acids is 2. The van der Waals surface area contributed by atoms with Crippen LogP contribution in [0, 0.1) is 12.8 Å². The summed E-state index contributed by atoms with van der Waals surface area (Å²) >= 11 is 6.12. The van der Waals surface area contributed by atoms with Crippen LogP contribution in [0.3, 0.4) is 0 Å². The number of nitrogens with one attached hydrogen (secondary N) is 2. The molecule has 1 heterocycles. The van der Waals surface area contributed by atoms with Crippen LogP contribution in [-0.2, 0) is 25.7 Å². The van der Waals surface area contributed by atoms with Crippen LogP contribution >= 0.6 is 11.6 Å². The van der Waals surface area contributed by atoms with E-state index in [0.717, 1.165) is 11.1 Å². The summed E-state index contributed by atoms with van der Waals surface area (Å²) in [6.45, 7) is 3.85. The molecule has 0 saturated heterocycles. The number of hydrogen-bond donors (Lipinski definition) is 2.